The van der Waals surface area contributed by atoms with E-state index in [9.17, 15) is 4.79 Å². The summed E-state index contributed by atoms with van der Waals surface area (Å²) >= 11 is 0. The van der Waals surface area contributed by atoms with Crippen molar-refractivity contribution in [1.29, 1.82) is 0 Å². The summed E-state index contributed by atoms with van der Waals surface area (Å²) in [6.07, 6.45) is 3.27. The highest BCUT2D eigenvalue weighted by atomic mass is 127. The molecule has 1 aromatic rings. The minimum atomic E-state index is -0.0858. The maximum atomic E-state index is 11.9. The maximum Gasteiger partial charge on any atom is 0.309 e. The van der Waals surface area contributed by atoms with Crippen LogP contribution in [0.3, 0.4) is 0 Å². The first-order valence-corrected chi connectivity index (χ1v) is 9.95. The Bertz CT molecular complexity index is 637. The summed E-state index contributed by atoms with van der Waals surface area (Å²) in [5.41, 5.74) is 0.926. The van der Waals surface area contributed by atoms with Crippen molar-refractivity contribution >= 4 is 35.9 Å². The van der Waals surface area contributed by atoms with Gasteiger partial charge in [0.2, 0.25) is 5.88 Å². The zero-order valence-electron chi connectivity index (χ0n) is 17.6. The second kappa shape index (κ2) is 14.4. The summed E-state index contributed by atoms with van der Waals surface area (Å²) < 4.78 is 15.9. The lowest BCUT2D eigenvalue weighted by molar-refractivity contribution is -0.149. The van der Waals surface area contributed by atoms with Crippen molar-refractivity contribution in [1.82, 2.24) is 15.2 Å². The summed E-state index contributed by atoms with van der Waals surface area (Å²) in [7, 11) is 1.64. The fourth-order valence-corrected chi connectivity index (χ4v) is 3.07. The molecule has 1 aliphatic rings. The molecule has 2 heterocycles. The molecule has 0 spiro atoms. The first-order chi connectivity index (χ1) is 13.7. The number of aliphatic imine (C=N–C) groups is 1. The molecule has 0 aromatic carbocycles. The summed E-state index contributed by atoms with van der Waals surface area (Å²) in [5, 5.41) is 3.34. The van der Waals surface area contributed by atoms with E-state index in [-0.39, 0.29) is 35.9 Å². The van der Waals surface area contributed by atoms with Gasteiger partial charge in [0.1, 0.15) is 6.61 Å². The summed E-state index contributed by atoms with van der Waals surface area (Å²) in [6.45, 7) is 8.08. The molecular formula is C20H33IN4O4. The molecule has 0 radical (unpaired) electrons. The molecule has 0 atom stereocenters. The van der Waals surface area contributed by atoms with Gasteiger partial charge < -0.3 is 24.4 Å². The van der Waals surface area contributed by atoms with Crippen LogP contribution in [0, 0.1) is 5.92 Å². The number of methoxy groups -OCH3 is 1. The first-order valence-electron chi connectivity index (χ1n) is 9.95. The van der Waals surface area contributed by atoms with E-state index in [2.05, 4.69) is 15.2 Å². The van der Waals surface area contributed by atoms with Gasteiger partial charge in [-0.15, -0.1) is 24.0 Å². The molecule has 29 heavy (non-hydrogen) atoms. The number of esters is 1. The highest BCUT2D eigenvalue weighted by molar-refractivity contribution is 14.0. The number of rotatable bonds is 9. The zero-order chi connectivity index (χ0) is 20.2. The predicted octanol–water partition coefficient (Wildman–Crippen LogP) is 2.47. The van der Waals surface area contributed by atoms with Crippen LogP contribution in [0.1, 0.15) is 32.3 Å². The Hall–Kier alpha value is -1.62. The van der Waals surface area contributed by atoms with Crippen molar-refractivity contribution in [2.75, 3.05) is 46.6 Å². The van der Waals surface area contributed by atoms with Gasteiger partial charge in [-0.25, -0.2) is 9.98 Å². The molecule has 0 saturated carbocycles. The Morgan fingerprint density at radius 3 is 2.72 bits per heavy atom. The molecule has 0 unspecified atom stereocenters. The average Bonchev–Trinajstić information content (AvgIpc) is 2.72. The number of hydrogen-bond donors (Lipinski definition) is 1. The molecule has 0 bridgehead atoms. The van der Waals surface area contributed by atoms with Gasteiger partial charge in [-0.05, 0) is 32.8 Å². The number of guanidine groups is 1. The van der Waals surface area contributed by atoms with Gasteiger partial charge in [0.05, 0.1) is 25.7 Å². The van der Waals surface area contributed by atoms with Crippen LogP contribution >= 0.6 is 24.0 Å². The summed E-state index contributed by atoms with van der Waals surface area (Å²) in [4.78, 5) is 23.2. The van der Waals surface area contributed by atoms with E-state index in [1.165, 1.54) is 0 Å². The summed E-state index contributed by atoms with van der Waals surface area (Å²) in [6, 6.07) is 3.85. The van der Waals surface area contributed by atoms with Gasteiger partial charge in [0, 0.05) is 38.5 Å². The van der Waals surface area contributed by atoms with Gasteiger partial charge in [0.25, 0.3) is 0 Å². The van der Waals surface area contributed by atoms with E-state index in [4.69, 9.17) is 19.2 Å². The lowest BCUT2D eigenvalue weighted by Gasteiger charge is -2.33. The molecule has 2 rings (SSSR count). The van der Waals surface area contributed by atoms with Crippen LogP contribution in [0.4, 0.5) is 0 Å². The van der Waals surface area contributed by atoms with Crippen molar-refractivity contribution in [3.8, 4) is 5.88 Å². The van der Waals surface area contributed by atoms with Crippen LogP contribution in [-0.4, -0.2) is 68.4 Å². The van der Waals surface area contributed by atoms with Gasteiger partial charge in [-0.1, -0.05) is 6.07 Å². The van der Waals surface area contributed by atoms with Gasteiger partial charge in [-0.3, -0.25) is 4.79 Å². The number of carbonyl (C=O) groups excluding carboxylic acids is 1. The number of piperidine rings is 1. The Balaban J connectivity index is 0.00000420. The molecule has 164 valence electrons. The molecular weight excluding hydrogens is 487 g/mol. The Morgan fingerprint density at radius 1 is 1.31 bits per heavy atom. The van der Waals surface area contributed by atoms with Crippen LogP contribution in [0.2, 0.25) is 0 Å². The molecule has 0 amide bonds. The maximum absolute atomic E-state index is 11.9. The van der Waals surface area contributed by atoms with E-state index in [0.717, 1.165) is 44.0 Å². The number of halogens is 1. The number of nitrogens with one attached hydrogen (secondary N) is 1. The normalized spacial score (nSPS) is 14.9. The minimum absolute atomic E-state index is 0. The fourth-order valence-electron chi connectivity index (χ4n) is 3.07. The fraction of sp³-hybridized carbons (Fsp3) is 0.650. The number of pyridine rings is 1. The largest absolute Gasteiger partial charge is 0.475 e. The van der Waals surface area contributed by atoms with Gasteiger partial charge in [0.15, 0.2) is 5.96 Å². The molecule has 1 aromatic heterocycles. The van der Waals surface area contributed by atoms with Crippen LogP contribution in [0.15, 0.2) is 23.3 Å². The van der Waals surface area contributed by atoms with Crippen molar-refractivity contribution in [2.45, 2.75) is 33.2 Å². The molecule has 1 aliphatic heterocycles. The third-order valence-corrected chi connectivity index (χ3v) is 4.52. The van der Waals surface area contributed by atoms with E-state index in [1.54, 1.807) is 13.3 Å². The molecule has 8 nitrogen and oxygen atoms in total. The zero-order valence-corrected chi connectivity index (χ0v) is 19.9. The third kappa shape index (κ3) is 8.33. The molecule has 9 heteroatoms. The summed E-state index contributed by atoms with van der Waals surface area (Å²) in [5.74, 6) is 1.33. The number of likely N-dealkylation sites (tertiary alicyclic amines) is 1. The van der Waals surface area contributed by atoms with E-state index < -0.39 is 0 Å². The molecule has 1 saturated heterocycles. The first kappa shape index (κ1) is 25.4. The highest BCUT2D eigenvalue weighted by Gasteiger charge is 2.27. The minimum Gasteiger partial charge on any atom is -0.475 e. The van der Waals surface area contributed by atoms with Gasteiger partial charge in [-0.2, -0.15) is 0 Å². The highest BCUT2D eigenvalue weighted by Crippen LogP contribution is 2.20. The second-order valence-corrected chi connectivity index (χ2v) is 6.49. The number of carbonyl (C=O) groups is 1. The van der Waals surface area contributed by atoms with Crippen LogP contribution < -0.4 is 10.1 Å². The Labute approximate surface area is 190 Å². The van der Waals surface area contributed by atoms with Crippen molar-refractivity contribution in [3.63, 3.8) is 0 Å². The van der Waals surface area contributed by atoms with E-state index in [0.29, 0.717) is 32.2 Å². The molecule has 1 fully saturated rings. The quantitative estimate of drug-likeness (QED) is 0.176. The Kier molecular flexibility index (Phi) is 12.6. The predicted molar refractivity (Wildman–Crippen MR) is 123 cm³/mol. The van der Waals surface area contributed by atoms with Gasteiger partial charge >= 0.3 is 5.97 Å². The monoisotopic (exact) mass is 520 g/mol. The number of aromatic nitrogens is 1. The Morgan fingerprint density at radius 2 is 2.07 bits per heavy atom. The van der Waals surface area contributed by atoms with Crippen molar-refractivity contribution in [2.24, 2.45) is 10.9 Å². The second-order valence-electron chi connectivity index (χ2n) is 6.49. The number of hydrogen-bond acceptors (Lipinski definition) is 6. The smallest absolute Gasteiger partial charge is 0.309 e. The molecule has 0 aliphatic carbocycles. The third-order valence-electron chi connectivity index (χ3n) is 4.52. The molecule has 1 N–H and O–H groups in total. The van der Waals surface area contributed by atoms with E-state index >= 15 is 0 Å². The lowest BCUT2D eigenvalue weighted by atomic mass is 9.97. The number of ether oxygens (including phenoxy) is 3. The van der Waals surface area contributed by atoms with Crippen LogP contribution in [0.25, 0.3) is 0 Å². The van der Waals surface area contributed by atoms with Crippen LogP contribution in [0.5, 0.6) is 5.88 Å². The van der Waals surface area contributed by atoms with Crippen LogP contribution in [-0.2, 0) is 20.8 Å². The standard InChI is InChI=1S/C20H32N4O4.HI/c1-4-21-20(24-11-8-16(9-12-24)19(25)27-5-2)23-15-17-7-6-10-22-18(17)28-14-13-26-3;/h6-7,10,16H,4-5,8-9,11-15H2,1-3H3,(H,21,23);1H. The number of nitrogens with zero attached hydrogens (tertiary/aromatic N) is 3. The topological polar surface area (TPSA) is 85.3 Å². The van der Waals surface area contributed by atoms with Crippen molar-refractivity contribution < 1.29 is 19.0 Å². The SMILES string of the molecule is CCNC(=NCc1cccnc1OCCOC)N1CCC(C(=O)OCC)CC1.I. The average molecular weight is 520 g/mol. The van der Waals surface area contributed by atoms with Crippen molar-refractivity contribution in [3.05, 3.63) is 23.9 Å². The lowest BCUT2D eigenvalue weighted by Crippen LogP contribution is -2.46. The van der Waals surface area contributed by atoms with E-state index in [1.807, 2.05) is 26.0 Å².